The highest BCUT2D eigenvalue weighted by Crippen LogP contribution is 2.29. The number of aromatic nitrogens is 3. The Morgan fingerprint density at radius 1 is 1.47 bits per heavy atom. The fourth-order valence-corrected chi connectivity index (χ4v) is 2.41. The lowest BCUT2D eigenvalue weighted by Gasteiger charge is -2.25. The lowest BCUT2D eigenvalue weighted by atomic mass is 9.81. The molecule has 0 unspecified atom stereocenters. The van der Waals surface area contributed by atoms with Gasteiger partial charge >= 0.3 is 0 Å². The molecule has 94 valence electrons. The summed E-state index contributed by atoms with van der Waals surface area (Å²) >= 11 is 0. The first-order valence-electron chi connectivity index (χ1n) is 6.39. The summed E-state index contributed by atoms with van der Waals surface area (Å²) in [6, 6.07) is 0. The van der Waals surface area contributed by atoms with Crippen molar-refractivity contribution in [2.45, 2.75) is 39.0 Å². The van der Waals surface area contributed by atoms with E-state index < -0.39 is 0 Å². The van der Waals surface area contributed by atoms with Crippen LogP contribution in [0, 0.1) is 11.8 Å². The predicted octanol–water partition coefficient (Wildman–Crippen LogP) is 1.75. The van der Waals surface area contributed by atoms with Crippen molar-refractivity contribution in [2.75, 3.05) is 6.54 Å². The number of carbonyl (C=O) groups is 1. The maximum absolute atomic E-state index is 11.6. The molecule has 1 aliphatic rings. The van der Waals surface area contributed by atoms with E-state index >= 15 is 0 Å². The van der Waals surface area contributed by atoms with Gasteiger partial charge in [0.25, 0.3) is 5.91 Å². The lowest BCUT2D eigenvalue weighted by molar-refractivity contribution is 0.0944. The van der Waals surface area contributed by atoms with Crippen LogP contribution >= 0.6 is 0 Å². The fourth-order valence-electron chi connectivity index (χ4n) is 2.41. The zero-order valence-electron chi connectivity index (χ0n) is 10.3. The van der Waals surface area contributed by atoms with Crippen molar-refractivity contribution in [1.29, 1.82) is 0 Å². The van der Waals surface area contributed by atoms with Crippen LogP contribution in [0.3, 0.4) is 0 Å². The molecule has 2 N–H and O–H groups in total. The number of amides is 1. The summed E-state index contributed by atoms with van der Waals surface area (Å²) in [4.78, 5) is 11.6. The van der Waals surface area contributed by atoms with Crippen LogP contribution in [-0.2, 0) is 0 Å². The lowest BCUT2D eigenvalue weighted by Crippen LogP contribution is -2.27. The van der Waals surface area contributed by atoms with E-state index in [-0.39, 0.29) is 5.91 Å². The third-order valence-corrected chi connectivity index (χ3v) is 3.62. The summed E-state index contributed by atoms with van der Waals surface area (Å²) in [6.45, 7) is 3.06. The van der Waals surface area contributed by atoms with Crippen molar-refractivity contribution in [3.05, 3.63) is 11.9 Å². The van der Waals surface area contributed by atoms with Crippen LogP contribution in [0.4, 0.5) is 0 Å². The van der Waals surface area contributed by atoms with E-state index in [0.717, 1.165) is 24.8 Å². The fraction of sp³-hybridized carbons (Fsp3) is 0.750. The number of nitrogens with one attached hydrogen (secondary N) is 2. The number of hydrogen-bond acceptors (Lipinski definition) is 3. The third-order valence-electron chi connectivity index (χ3n) is 3.62. The van der Waals surface area contributed by atoms with Gasteiger partial charge < -0.3 is 5.32 Å². The molecular formula is C12H20N4O. The van der Waals surface area contributed by atoms with Crippen molar-refractivity contribution < 1.29 is 4.79 Å². The standard InChI is InChI=1S/C12H20N4O/c1-9-2-4-10(5-3-9)6-7-13-12(17)11-8-14-16-15-11/h8-10H,2-7H2,1H3,(H,13,17)(H,14,15,16). The zero-order valence-corrected chi connectivity index (χ0v) is 10.3. The van der Waals surface area contributed by atoms with Crippen LogP contribution < -0.4 is 5.32 Å². The maximum atomic E-state index is 11.6. The number of H-pyrrole nitrogens is 1. The second-order valence-corrected chi connectivity index (χ2v) is 5.03. The van der Waals surface area contributed by atoms with Crippen LogP contribution in [0.2, 0.25) is 0 Å². The molecule has 0 radical (unpaired) electrons. The Hall–Kier alpha value is -1.39. The molecule has 1 aliphatic carbocycles. The van der Waals surface area contributed by atoms with Gasteiger partial charge in [-0.1, -0.05) is 32.6 Å². The van der Waals surface area contributed by atoms with Crippen LogP contribution in [0.15, 0.2) is 6.20 Å². The average molecular weight is 236 g/mol. The first-order valence-corrected chi connectivity index (χ1v) is 6.39. The van der Waals surface area contributed by atoms with Gasteiger partial charge in [0.05, 0.1) is 6.20 Å². The quantitative estimate of drug-likeness (QED) is 0.836. The molecule has 0 aromatic carbocycles. The SMILES string of the molecule is CC1CCC(CCNC(=O)c2cn[nH]n2)CC1. The Morgan fingerprint density at radius 3 is 2.88 bits per heavy atom. The molecule has 0 bridgehead atoms. The highest BCUT2D eigenvalue weighted by atomic mass is 16.1. The molecule has 0 saturated heterocycles. The number of hydrogen-bond donors (Lipinski definition) is 2. The van der Waals surface area contributed by atoms with E-state index in [0.29, 0.717) is 5.69 Å². The van der Waals surface area contributed by atoms with Crippen LogP contribution in [0.5, 0.6) is 0 Å². The molecule has 1 aromatic rings. The van der Waals surface area contributed by atoms with E-state index in [1.165, 1.54) is 31.9 Å². The largest absolute Gasteiger partial charge is 0.351 e. The Morgan fingerprint density at radius 2 is 2.24 bits per heavy atom. The van der Waals surface area contributed by atoms with E-state index in [1.807, 2.05) is 0 Å². The molecule has 5 heteroatoms. The highest BCUT2D eigenvalue weighted by molar-refractivity contribution is 5.91. The summed E-state index contributed by atoms with van der Waals surface area (Å²) in [6.07, 6.45) is 7.81. The van der Waals surface area contributed by atoms with Gasteiger partial charge in [-0.3, -0.25) is 4.79 Å². The van der Waals surface area contributed by atoms with Gasteiger partial charge in [0.1, 0.15) is 0 Å². The molecule has 5 nitrogen and oxygen atoms in total. The number of rotatable bonds is 4. The minimum atomic E-state index is -0.136. The number of carbonyl (C=O) groups excluding carboxylic acids is 1. The van der Waals surface area contributed by atoms with Crippen molar-refractivity contribution in [2.24, 2.45) is 11.8 Å². The summed E-state index contributed by atoms with van der Waals surface area (Å²) in [7, 11) is 0. The Labute approximate surface area is 101 Å². The molecule has 1 saturated carbocycles. The van der Waals surface area contributed by atoms with Crippen molar-refractivity contribution in [1.82, 2.24) is 20.7 Å². The van der Waals surface area contributed by atoms with E-state index in [2.05, 4.69) is 27.7 Å². The second kappa shape index (κ2) is 5.80. The highest BCUT2D eigenvalue weighted by Gasteiger charge is 2.18. The molecule has 1 aromatic heterocycles. The molecule has 17 heavy (non-hydrogen) atoms. The molecule has 1 amide bonds. The van der Waals surface area contributed by atoms with E-state index in [4.69, 9.17) is 0 Å². The molecule has 1 heterocycles. The Balaban J connectivity index is 1.64. The van der Waals surface area contributed by atoms with Gasteiger partial charge in [-0.05, 0) is 18.3 Å². The molecule has 0 aliphatic heterocycles. The smallest absolute Gasteiger partial charge is 0.273 e. The monoisotopic (exact) mass is 236 g/mol. The maximum Gasteiger partial charge on any atom is 0.273 e. The van der Waals surface area contributed by atoms with Crippen molar-refractivity contribution in [3.8, 4) is 0 Å². The first-order chi connectivity index (χ1) is 8.25. The van der Waals surface area contributed by atoms with Gasteiger partial charge in [0.15, 0.2) is 5.69 Å². The molecule has 1 fully saturated rings. The molecular weight excluding hydrogens is 216 g/mol. The first kappa shape index (κ1) is 12.1. The van der Waals surface area contributed by atoms with Gasteiger partial charge in [-0.25, -0.2) is 0 Å². The van der Waals surface area contributed by atoms with Crippen LogP contribution in [0.1, 0.15) is 49.5 Å². The van der Waals surface area contributed by atoms with Gasteiger partial charge in [0.2, 0.25) is 0 Å². The Kier molecular flexibility index (Phi) is 4.12. The molecule has 0 spiro atoms. The van der Waals surface area contributed by atoms with Gasteiger partial charge in [0, 0.05) is 6.54 Å². The molecule has 2 rings (SSSR count). The summed E-state index contributed by atoms with van der Waals surface area (Å²) in [5.41, 5.74) is 0.363. The summed E-state index contributed by atoms with van der Waals surface area (Å²) in [5, 5.41) is 12.7. The zero-order chi connectivity index (χ0) is 12.1. The average Bonchev–Trinajstić information content (AvgIpc) is 2.85. The van der Waals surface area contributed by atoms with Crippen molar-refractivity contribution >= 4 is 5.91 Å². The van der Waals surface area contributed by atoms with Gasteiger partial charge in [-0.15, -0.1) is 0 Å². The van der Waals surface area contributed by atoms with E-state index in [9.17, 15) is 4.79 Å². The predicted molar refractivity (Wildman–Crippen MR) is 64.5 cm³/mol. The summed E-state index contributed by atoms with van der Waals surface area (Å²) < 4.78 is 0. The topological polar surface area (TPSA) is 70.7 Å². The van der Waals surface area contributed by atoms with Crippen LogP contribution in [0.25, 0.3) is 0 Å². The minimum absolute atomic E-state index is 0.136. The van der Waals surface area contributed by atoms with Crippen molar-refractivity contribution in [3.63, 3.8) is 0 Å². The number of aromatic amines is 1. The van der Waals surface area contributed by atoms with Gasteiger partial charge in [-0.2, -0.15) is 15.4 Å². The summed E-state index contributed by atoms with van der Waals surface area (Å²) in [5.74, 6) is 1.53. The molecule has 0 atom stereocenters. The number of nitrogens with zero attached hydrogens (tertiary/aromatic N) is 2. The van der Waals surface area contributed by atoms with Crippen LogP contribution in [-0.4, -0.2) is 27.9 Å². The third kappa shape index (κ3) is 3.54. The Bertz CT molecular complexity index is 341. The van der Waals surface area contributed by atoms with E-state index in [1.54, 1.807) is 0 Å². The minimum Gasteiger partial charge on any atom is -0.351 e. The normalized spacial score (nSPS) is 24.5. The second-order valence-electron chi connectivity index (χ2n) is 5.03.